The summed E-state index contributed by atoms with van der Waals surface area (Å²) in [4.78, 5) is 23.0. The lowest BCUT2D eigenvalue weighted by molar-refractivity contribution is -0.00975. The van der Waals surface area contributed by atoms with Crippen LogP contribution in [0.2, 0.25) is 0 Å². The van der Waals surface area contributed by atoms with Crippen molar-refractivity contribution in [2.45, 2.75) is 65.6 Å². The van der Waals surface area contributed by atoms with Crippen LogP contribution in [0.4, 0.5) is 4.79 Å². The molecule has 2 aromatic rings. The number of piperidine rings is 1. The molecule has 1 aromatic carbocycles. The van der Waals surface area contributed by atoms with E-state index in [2.05, 4.69) is 16.0 Å². The number of carbonyl (C=O) groups excluding carboxylic acids is 1. The predicted molar refractivity (Wildman–Crippen MR) is 121 cm³/mol. The van der Waals surface area contributed by atoms with Crippen molar-refractivity contribution in [1.29, 1.82) is 5.26 Å². The number of aryl methyl sites for hydroxylation is 1. The molecule has 1 aliphatic carbocycles. The van der Waals surface area contributed by atoms with Crippen LogP contribution >= 0.6 is 0 Å². The van der Waals surface area contributed by atoms with Gasteiger partial charge in [0.05, 0.1) is 17.2 Å². The molecule has 4 rings (SSSR count). The number of rotatable bonds is 4. The predicted octanol–water partition coefficient (Wildman–Crippen LogP) is 4.93. The van der Waals surface area contributed by atoms with Gasteiger partial charge in [0.1, 0.15) is 23.8 Å². The van der Waals surface area contributed by atoms with Crippen molar-refractivity contribution in [2.75, 3.05) is 13.1 Å². The first-order valence-corrected chi connectivity index (χ1v) is 11.2. The summed E-state index contributed by atoms with van der Waals surface area (Å²) < 4.78 is 18.0. The van der Waals surface area contributed by atoms with Gasteiger partial charge in [0.15, 0.2) is 0 Å². The molecule has 2 aliphatic rings. The van der Waals surface area contributed by atoms with Crippen molar-refractivity contribution >= 4 is 6.09 Å². The number of ether oxygens (including phenoxy) is 3. The first-order chi connectivity index (χ1) is 15.6. The summed E-state index contributed by atoms with van der Waals surface area (Å²) in [5.74, 6) is 1.54. The van der Waals surface area contributed by atoms with Crippen LogP contribution in [0.3, 0.4) is 0 Å². The standard InChI is InChI=1S/C25H30N4O4/c1-16-12-18(13-26)6-7-19(16)31-21-17(2)22(28-15-27-21)32-20-8-11-29(14-25(20)9-10-25)23(30)33-24(3,4)5/h6-7,12,15,20H,8-11,14H2,1-5H3. The number of nitrogens with zero attached hydrogens (tertiary/aromatic N) is 4. The van der Waals surface area contributed by atoms with Crippen LogP contribution in [0.15, 0.2) is 24.5 Å². The monoisotopic (exact) mass is 450 g/mol. The molecule has 1 unspecified atom stereocenters. The first-order valence-electron chi connectivity index (χ1n) is 11.2. The topological polar surface area (TPSA) is 97.6 Å². The second-order valence-electron chi connectivity index (χ2n) is 9.96. The summed E-state index contributed by atoms with van der Waals surface area (Å²) in [6, 6.07) is 7.38. The quantitative estimate of drug-likeness (QED) is 0.652. The van der Waals surface area contributed by atoms with E-state index in [0.717, 1.165) is 18.4 Å². The van der Waals surface area contributed by atoms with Gasteiger partial charge in [0.25, 0.3) is 0 Å². The summed E-state index contributed by atoms with van der Waals surface area (Å²) >= 11 is 0. The Bertz CT molecular complexity index is 1100. The van der Waals surface area contributed by atoms with Gasteiger partial charge in [0, 0.05) is 24.9 Å². The minimum absolute atomic E-state index is 0.0331. The van der Waals surface area contributed by atoms with Crippen LogP contribution in [-0.2, 0) is 4.74 Å². The van der Waals surface area contributed by atoms with Crippen LogP contribution < -0.4 is 9.47 Å². The number of nitriles is 1. The normalized spacial score (nSPS) is 19.0. The third kappa shape index (κ3) is 5.03. The van der Waals surface area contributed by atoms with Crippen molar-refractivity contribution in [1.82, 2.24) is 14.9 Å². The third-order valence-corrected chi connectivity index (χ3v) is 6.15. The number of aromatic nitrogens is 2. The molecule has 0 radical (unpaired) electrons. The van der Waals surface area contributed by atoms with Gasteiger partial charge in [-0.05, 0) is 71.2 Å². The van der Waals surface area contributed by atoms with Crippen molar-refractivity contribution in [3.63, 3.8) is 0 Å². The molecular formula is C25H30N4O4. The Balaban J connectivity index is 1.46. The van der Waals surface area contributed by atoms with Crippen molar-refractivity contribution < 1.29 is 19.0 Å². The summed E-state index contributed by atoms with van der Waals surface area (Å²) in [5.41, 5.74) is 1.57. The fraction of sp³-hybridized carbons (Fsp3) is 0.520. The van der Waals surface area contributed by atoms with E-state index >= 15 is 0 Å². The zero-order chi connectivity index (χ0) is 23.8. The van der Waals surface area contributed by atoms with E-state index < -0.39 is 5.60 Å². The van der Waals surface area contributed by atoms with Crippen molar-refractivity contribution in [3.8, 4) is 23.6 Å². The van der Waals surface area contributed by atoms with Gasteiger partial charge < -0.3 is 19.1 Å². The number of benzene rings is 1. The number of carbonyl (C=O) groups is 1. The Morgan fingerprint density at radius 2 is 1.94 bits per heavy atom. The highest BCUT2D eigenvalue weighted by Gasteiger charge is 2.55. The lowest BCUT2D eigenvalue weighted by atomic mass is 9.91. The molecule has 1 spiro atoms. The average Bonchev–Trinajstić information content (AvgIpc) is 3.52. The van der Waals surface area contributed by atoms with Crippen LogP contribution in [0, 0.1) is 30.6 Å². The van der Waals surface area contributed by atoms with Gasteiger partial charge in [-0.15, -0.1) is 0 Å². The Kier molecular flexibility index (Phi) is 5.91. The zero-order valence-corrected chi connectivity index (χ0v) is 19.8. The fourth-order valence-corrected chi connectivity index (χ4v) is 4.16. The minimum Gasteiger partial charge on any atom is -0.473 e. The van der Waals surface area contributed by atoms with E-state index in [1.165, 1.54) is 6.33 Å². The molecular weight excluding hydrogens is 420 g/mol. The van der Waals surface area contributed by atoms with Gasteiger partial charge >= 0.3 is 6.09 Å². The van der Waals surface area contributed by atoms with Crippen molar-refractivity contribution in [3.05, 3.63) is 41.2 Å². The second kappa shape index (κ2) is 8.54. The number of likely N-dealkylation sites (tertiary alicyclic amines) is 1. The SMILES string of the molecule is Cc1cc(C#N)ccc1Oc1ncnc(OC2CCN(C(=O)OC(C)(C)C)CC23CC3)c1C. The molecule has 1 saturated carbocycles. The van der Waals surface area contributed by atoms with E-state index in [-0.39, 0.29) is 17.6 Å². The molecule has 174 valence electrons. The maximum Gasteiger partial charge on any atom is 0.410 e. The number of amides is 1. The van der Waals surface area contributed by atoms with Gasteiger partial charge in [-0.3, -0.25) is 0 Å². The van der Waals surface area contributed by atoms with E-state index in [4.69, 9.17) is 19.5 Å². The number of hydrogen-bond donors (Lipinski definition) is 0. The van der Waals surface area contributed by atoms with Crippen LogP contribution in [0.5, 0.6) is 17.5 Å². The molecule has 2 fully saturated rings. The molecule has 1 aliphatic heterocycles. The average molecular weight is 451 g/mol. The van der Waals surface area contributed by atoms with Crippen molar-refractivity contribution in [2.24, 2.45) is 5.41 Å². The molecule has 8 nitrogen and oxygen atoms in total. The highest BCUT2D eigenvalue weighted by Crippen LogP contribution is 2.53. The minimum atomic E-state index is -0.511. The number of hydrogen-bond acceptors (Lipinski definition) is 7. The fourth-order valence-electron chi connectivity index (χ4n) is 4.16. The molecule has 2 heterocycles. The zero-order valence-electron chi connectivity index (χ0n) is 19.8. The van der Waals surface area contributed by atoms with Crippen LogP contribution in [0.25, 0.3) is 0 Å². The molecule has 0 bridgehead atoms. The smallest absolute Gasteiger partial charge is 0.410 e. The molecule has 1 saturated heterocycles. The lowest BCUT2D eigenvalue weighted by Gasteiger charge is -2.39. The molecule has 8 heteroatoms. The maximum absolute atomic E-state index is 12.5. The van der Waals surface area contributed by atoms with Gasteiger partial charge in [0.2, 0.25) is 11.8 Å². The molecule has 1 atom stereocenters. The maximum atomic E-state index is 12.5. The summed E-state index contributed by atoms with van der Waals surface area (Å²) in [5, 5.41) is 9.07. The summed E-state index contributed by atoms with van der Waals surface area (Å²) in [7, 11) is 0. The largest absolute Gasteiger partial charge is 0.473 e. The van der Waals surface area contributed by atoms with E-state index in [9.17, 15) is 4.79 Å². The van der Waals surface area contributed by atoms with E-state index in [1.54, 1.807) is 23.1 Å². The summed E-state index contributed by atoms with van der Waals surface area (Å²) in [6.45, 7) is 10.6. The van der Waals surface area contributed by atoms with Gasteiger partial charge in [-0.25, -0.2) is 14.8 Å². The molecule has 1 amide bonds. The third-order valence-electron chi connectivity index (χ3n) is 6.15. The highest BCUT2D eigenvalue weighted by molar-refractivity contribution is 5.68. The van der Waals surface area contributed by atoms with Gasteiger partial charge in [-0.1, -0.05) is 0 Å². The first kappa shape index (κ1) is 22.8. The Labute approximate surface area is 194 Å². The van der Waals surface area contributed by atoms with E-state index in [1.807, 2.05) is 34.6 Å². The van der Waals surface area contributed by atoms with Gasteiger partial charge in [-0.2, -0.15) is 5.26 Å². The molecule has 33 heavy (non-hydrogen) atoms. The Morgan fingerprint density at radius 1 is 1.21 bits per heavy atom. The Morgan fingerprint density at radius 3 is 2.58 bits per heavy atom. The second-order valence-corrected chi connectivity index (χ2v) is 9.96. The summed E-state index contributed by atoms with van der Waals surface area (Å²) in [6.07, 6.45) is 3.87. The van der Waals surface area contributed by atoms with E-state index in [0.29, 0.717) is 48.1 Å². The van der Waals surface area contributed by atoms with Crippen LogP contribution in [-0.4, -0.2) is 45.8 Å². The Hall–Kier alpha value is -3.34. The van der Waals surface area contributed by atoms with Crippen LogP contribution in [0.1, 0.15) is 56.7 Å². The molecule has 0 N–H and O–H groups in total. The molecule has 1 aromatic heterocycles. The lowest BCUT2D eigenvalue weighted by Crippen LogP contribution is -2.50. The highest BCUT2D eigenvalue weighted by atomic mass is 16.6.